The standard InChI is InChI=1S/C33H39F3N4O6.C24H23F3N4O4/c1-31(2,3)45-29(42)15-16-38(30(43)46-32(4,5)6)20-28(41)39-17-14-22-18-25(12-13-26(22)39)44-21-23-19-27(33(34,35)36)40(37-23)24-10-8-7-9-11-24;25-24(26,27)21-13-17(29-31(21)18-4-2-1-3-5-18)15-35-19-6-7-20-16(12-19)9-11-30(20)22(32)14-28-10-8-23(33)34/h7-13,18-19H,14-17,20-21H2,1-6H3;1-7,12-13,28H,8-11,14-15H2,(H,33,34). The Morgan fingerprint density at radius 2 is 1.06 bits per heavy atom. The van der Waals surface area contributed by atoms with E-state index < -0.39 is 53.0 Å². The van der Waals surface area contributed by atoms with Crippen LogP contribution >= 0.6 is 0 Å². The topological polar surface area (TPSA) is 200 Å². The molecular formula is C57H62F6N8O10. The maximum Gasteiger partial charge on any atom is 0.433 e. The average molecular weight is 1130 g/mol. The van der Waals surface area contributed by atoms with Crippen LogP contribution in [0, 0.1) is 0 Å². The third-order valence-electron chi connectivity index (χ3n) is 12.1. The number of aromatic nitrogens is 4. The molecule has 8 rings (SSSR count). The van der Waals surface area contributed by atoms with Crippen molar-refractivity contribution < 1.29 is 74.4 Å². The summed E-state index contributed by atoms with van der Waals surface area (Å²) in [5, 5.41) is 19.7. The molecule has 2 aliphatic rings. The monoisotopic (exact) mass is 1130 g/mol. The Labute approximate surface area is 463 Å². The van der Waals surface area contributed by atoms with Gasteiger partial charge >= 0.3 is 30.4 Å². The van der Waals surface area contributed by atoms with Crippen molar-refractivity contribution in [3.63, 3.8) is 0 Å². The van der Waals surface area contributed by atoms with Crippen LogP contribution in [0.4, 0.5) is 42.5 Å². The molecule has 0 fully saturated rings. The number of rotatable bonds is 18. The van der Waals surface area contributed by atoms with E-state index in [1.165, 1.54) is 17.0 Å². The van der Waals surface area contributed by atoms with Crippen molar-refractivity contribution in [1.29, 1.82) is 0 Å². The molecule has 2 N–H and O–H groups in total. The molecule has 0 bridgehead atoms. The Balaban J connectivity index is 0.000000242. The van der Waals surface area contributed by atoms with Crippen molar-refractivity contribution in [2.24, 2.45) is 0 Å². The van der Waals surface area contributed by atoms with E-state index in [1.807, 2.05) is 0 Å². The van der Waals surface area contributed by atoms with Gasteiger partial charge in [0.05, 0.1) is 30.8 Å². The molecule has 0 unspecified atom stereocenters. The van der Waals surface area contributed by atoms with Crippen LogP contribution < -0.4 is 24.6 Å². The predicted molar refractivity (Wildman–Crippen MR) is 284 cm³/mol. The number of carbonyl (C=O) groups is 5. The van der Waals surface area contributed by atoms with Gasteiger partial charge in [0.15, 0.2) is 0 Å². The fourth-order valence-corrected chi connectivity index (χ4v) is 8.62. The quantitative estimate of drug-likeness (QED) is 0.0469. The van der Waals surface area contributed by atoms with Crippen LogP contribution in [-0.4, -0.2) is 110 Å². The summed E-state index contributed by atoms with van der Waals surface area (Å²) in [4.78, 5) is 66.0. The second-order valence-electron chi connectivity index (χ2n) is 20.8. The number of nitrogens with zero attached hydrogens (tertiary/aromatic N) is 7. The van der Waals surface area contributed by atoms with Crippen LogP contribution in [0.15, 0.2) is 109 Å². The van der Waals surface area contributed by atoms with Gasteiger partial charge in [0.2, 0.25) is 11.8 Å². The number of anilines is 2. The molecule has 0 radical (unpaired) electrons. The number of para-hydroxylation sites is 2. The lowest BCUT2D eigenvalue weighted by molar-refractivity contribution is -0.155. The lowest BCUT2D eigenvalue weighted by atomic mass is 10.1. The van der Waals surface area contributed by atoms with Crippen molar-refractivity contribution in [2.75, 3.05) is 49.1 Å². The summed E-state index contributed by atoms with van der Waals surface area (Å²) in [5.74, 6) is -1.12. The zero-order valence-electron chi connectivity index (χ0n) is 45.4. The van der Waals surface area contributed by atoms with Crippen molar-refractivity contribution in [2.45, 2.75) is 104 Å². The molecule has 81 heavy (non-hydrogen) atoms. The zero-order chi connectivity index (χ0) is 58.9. The van der Waals surface area contributed by atoms with Crippen LogP contribution in [0.25, 0.3) is 11.4 Å². The highest BCUT2D eigenvalue weighted by molar-refractivity contribution is 5.98. The number of benzene rings is 4. The Morgan fingerprint density at radius 3 is 1.49 bits per heavy atom. The van der Waals surface area contributed by atoms with Crippen molar-refractivity contribution in [3.05, 3.63) is 143 Å². The molecule has 4 aromatic carbocycles. The number of fused-ring (bicyclic) bond motifs is 2. The molecule has 24 heteroatoms. The first-order chi connectivity index (χ1) is 38.1. The summed E-state index contributed by atoms with van der Waals surface area (Å²) < 4.78 is 106. The number of carboxylic acids is 1. The van der Waals surface area contributed by atoms with Crippen LogP contribution in [0.5, 0.6) is 11.5 Å². The third kappa shape index (κ3) is 16.8. The van der Waals surface area contributed by atoms with Gasteiger partial charge in [0.1, 0.15) is 65.2 Å². The molecule has 18 nitrogen and oxygen atoms in total. The molecule has 0 aliphatic carbocycles. The molecule has 2 aliphatic heterocycles. The van der Waals surface area contributed by atoms with Gasteiger partial charge in [-0.1, -0.05) is 36.4 Å². The number of alkyl halides is 6. The zero-order valence-corrected chi connectivity index (χ0v) is 45.4. The minimum absolute atomic E-state index is 0.0244. The molecule has 4 heterocycles. The van der Waals surface area contributed by atoms with Crippen molar-refractivity contribution in [1.82, 2.24) is 29.8 Å². The molecule has 2 aromatic heterocycles. The van der Waals surface area contributed by atoms with Gasteiger partial charge in [-0.15, -0.1) is 0 Å². The minimum Gasteiger partial charge on any atom is -0.487 e. The van der Waals surface area contributed by atoms with Gasteiger partial charge in [0.25, 0.3) is 0 Å². The number of nitrogens with one attached hydrogen (secondary N) is 1. The Bertz CT molecular complexity index is 3190. The average Bonchev–Trinajstić information content (AvgIpc) is 4.38. The number of carboxylic acid groups (broad SMARTS) is 1. The van der Waals surface area contributed by atoms with E-state index >= 15 is 0 Å². The molecule has 0 spiro atoms. The SMILES string of the molecule is CC(C)(C)OC(=O)CCN(CC(=O)N1CCc2cc(OCc3cc(C(F)(F)F)n(-c4ccccc4)n3)ccc21)C(=O)OC(C)(C)C.O=C(O)CCNCC(=O)N1CCc2cc(OCc3cc(C(F)(F)F)n(-c4ccccc4)n3)ccc21. The van der Waals surface area contributed by atoms with Crippen LogP contribution in [0.3, 0.4) is 0 Å². The summed E-state index contributed by atoms with van der Waals surface area (Å²) in [6.45, 7) is 10.7. The molecule has 3 amide bonds. The Hall–Kier alpha value is -8.41. The molecule has 432 valence electrons. The maximum absolute atomic E-state index is 13.7. The normalized spacial score (nSPS) is 13.2. The van der Waals surface area contributed by atoms with E-state index in [9.17, 15) is 50.3 Å². The van der Waals surface area contributed by atoms with E-state index in [0.29, 0.717) is 48.8 Å². The molecular weight excluding hydrogens is 1070 g/mol. The third-order valence-corrected chi connectivity index (χ3v) is 12.1. The fraction of sp³-hybridized carbons (Fsp3) is 0.386. The van der Waals surface area contributed by atoms with E-state index in [1.54, 1.807) is 136 Å². The lowest BCUT2D eigenvalue weighted by Gasteiger charge is -2.29. The number of halogens is 6. The summed E-state index contributed by atoms with van der Waals surface area (Å²) in [6, 6.07) is 28.2. The van der Waals surface area contributed by atoms with Gasteiger partial charge in [-0.25, -0.2) is 14.2 Å². The predicted octanol–water partition coefficient (Wildman–Crippen LogP) is 9.75. The minimum atomic E-state index is -4.61. The highest BCUT2D eigenvalue weighted by Gasteiger charge is 2.38. The van der Waals surface area contributed by atoms with Gasteiger partial charge in [-0.3, -0.25) is 24.1 Å². The van der Waals surface area contributed by atoms with Crippen molar-refractivity contribution in [3.8, 4) is 22.9 Å². The fourth-order valence-electron chi connectivity index (χ4n) is 8.62. The summed E-state index contributed by atoms with van der Waals surface area (Å²) in [7, 11) is 0. The summed E-state index contributed by atoms with van der Waals surface area (Å²) >= 11 is 0. The smallest absolute Gasteiger partial charge is 0.433 e. The highest BCUT2D eigenvalue weighted by atomic mass is 19.4. The number of hydrogen-bond acceptors (Lipinski definition) is 12. The largest absolute Gasteiger partial charge is 0.487 e. The van der Waals surface area contributed by atoms with Crippen LogP contribution in [0.2, 0.25) is 0 Å². The van der Waals surface area contributed by atoms with E-state index in [0.717, 1.165) is 38.3 Å². The number of esters is 1. The van der Waals surface area contributed by atoms with Gasteiger partial charge in [-0.2, -0.15) is 36.5 Å². The maximum atomic E-state index is 13.7. The number of carbonyl (C=O) groups excluding carboxylic acids is 4. The van der Waals surface area contributed by atoms with Gasteiger partial charge in [-0.05, 0) is 138 Å². The number of aliphatic carboxylic acids is 1. The summed E-state index contributed by atoms with van der Waals surface area (Å²) in [6.07, 6.45) is -8.99. The lowest BCUT2D eigenvalue weighted by Crippen LogP contribution is -2.45. The first-order valence-corrected chi connectivity index (χ1v) is 25.8. The number of amides is 3. The molecule has 0 saturated heterocycles. The molecule has 0 atom stereocenters. The first kappa shape index (κ1) is 60.2. The molecule has 0 saturated carbocycles. The van der Waals surface area contributed by atoms with Gasteiger partial charge < -0.3 is 39.2 Å². The summed E-state index contributed by atoms with van der Waals surface area (Å²) in [5.41, 5.74) is 0.542. The van der Waals surface area contributed by atoms with E-state index in [2.05, 4.69) is 15.5 Å². The second-order valence-corrected chi connectivity index (χ2v) is 20.8. The number of ether oxygens (including phenoxy) is 4. The molecule has 6 aromatic rings. The second kappa shape index (κ2) is 25.4. The van der Waals surface area contributed by atoms with Crippen molar-refractivity contribution >= 4 is 41.2 Å². The highest BCUT2D eigenvalue weighted by Crippen LogP contribution is 2.36. The van der Waals surface area contributed by atoms with E-state index in [-0.39, 0.29) is 81.1 Å². The number of hydrogen-bond donors (Lipinski definition) is 2. The Morgan fingerprint density at radius 1 is 0.605 bits per heavy atom. The van der Waals surface area contributed by atoms with E-state index in [4.69, 9.17) is 24.1 Å². The van der Waals surface area contributed by atoms with Crippen LogP contribution in [0.1, 0.15) is 88.3 Å². The van der Waals surface area contributed by atoms with Gasteiger partial charge in [0, 0.05) is 37.6 Å². The first-order valence-electron chi connectivity index (χ1n) is 25.8. The van der Waals surface area contributed by atoms with Crippen LogP contribution in [-0.2, 0) is 67.1 Å². The Kier molecular flexibility index (Phi) is 18.9.